The van der Waals surface area contributed by atoms with Crippen LogP contribution in [0.1, 0.15) is 10.4 Å². The second-order valence-corrected chi connectivity index (χ2v) is 1.55. The third kappa shape index (κ3) is 3.80. The zero-order valence-electron chi connectivity index (χ0n) is 5.43. The number of carbonyl (C=O) groups is 1. The van der Waals surface area contributed by atoms with Crippen LogP contribution in [0.15, 0.2) is 24.5 Å². The molecule has 0 atom stereocenters. The molecule has 1 N–H and O–H groups in total. The highest BCUT2D eigenvalue weighted by Crippen LogP contribution is 1.92. The van der Waals surface area contributed by atoms with Gasteiger partial charge in [0, 0.05) is 12.4 Å². The smallest absolute Gasteiger partial charge is 0.337 e. The molecule has 0 unspecified atom stereocenters. The highest BCUT2D eigenvalue weighted by atomic mass is 35.5. The maximum absolute atomic E-state index is 10.2. The Kier molecular flexibility index (Phi) is 6.94. The summed E-state index contributed by atoms with van der Waals surface area (Å²) in [6.45, 7) is 0. The van der Waals surface area contributed by atoms with E-state index in [1.165, 1.54) is 18.5 Å². The van der Waals surface area contributed by atoms with E-state index in [0.717, 1.165) is 0 Å². The van der Waals surface area contributed by atoms with Gasteiger partial charge in [0.25, 0.3) is 0 Å². The highest BCUT2D eigenvalue weighted by molar-refractivity contribution is 5.87. The van der Waals surface area contributed by atoms with Crippen LogP contribution in [-0.4, -0.2) is 16.1 Å². The minimum atomic E-state index is -0.942. The monoisotopic (exact) mass is 195 g/mol. The maximum Gasteiger partial charge on any atom is 0.337 e. The molecule has 0 aromatic carbocycles. The van der Waals surface area contributed by atoms with Crippen molar-refractivity contribution in [3.8, 4) is 0 Å². The normalized spacial score (nSPS) is 7.27. The molecule has 0 aliphatic heterocycles. The van der Waals surface area contributed by atoms with Crippen molar-refractivity contribution in [1.29, 1.82) is 0 Å². The van der Waals surface area contributed by atoms with Crippen molar-refractivity contribution < 1.29 is 9.90 Å². The number of carboxylic acid groups (broad SMARTS) is 1. The summed E-state index contributed by atoms with van der Waals surface area (Å²) in [7, 11) is 0. The third-order valence-corrected chi connectivity index (χ3v) is 0.908. The SMILES string of the molecule is Cl.Cl.O=C(O)c1cccnc1. The van der Waals surface area contributed by atoms with E-state index in [-0.39, 0.29) is 30.4 Å². The molecular formula is C6H7Cl2NO2. The number of carboxylic acids is 1. The number of nitrogens with zero attached hydrogens (tertiary/aromatic N) is 1. The molecule has 62 valence electrons. The minimum Gasteiger partial charge on any atom is -0.478 e. The van der Waals surface area contributed by atoms with E-state index in [2.05, 4.69) is 4.98 Å². The van der Waals surface area contributed by atoms with Gasteiger partial charge in [-0.2, -0.15) is 0 Å². The van der Waals surface area contributed by atoms with Gasteiger partial charge >= 0.3 is 5.97 Å². The fourth-order valence-corrected chi connectivity index (χ4v) is 0.489. The molecule has 0 bridgehead atoms. The number of rotatable bonds is 1. The summed E-state index contributed by atoms with van der Waals surface area (Å²) in [6, 6.07) is 3.08. The Morgan fingerprint density at radius 2 is 2.09 bits per heavy atom. The topological polar surface area (TPSA) is 50.2 Å². The van der Waals surface area contributed by atoms with Gasteiger partial charge in [0.05, 0.1) is 5.56 Å². The quantitative estimate of drug-likeness (QED) is 0.742. The molecule has 11 heavy (non-hydrogen) atoms. The summed E-state index contributed by atoms with van der Waals surface area (Å²) >= 11 is 0. The van der Waals surface area contributed by atoms with E-state index < -0.39 is 5.97 Å². The fourth-order valence-electron chi connectivity index (χ4n) is 0.489. The van der Waals surface area contributed by atoms with Crippen molar-refractivity contribution in [2.45, 2.75) is 0 Å². The van der Waals surface area contributed by atoms with Crippen LogP contribution in [0.2, 0.25) is 0 Å². The predicted octanol–water partition coefficient (Wildman–Crippen LogP) is 1.62. The molecule has 0 radical (unpaired) electrons. The third-order valence-electron chi connectivity index (χ3n) is 0.908. The Balaban J connectivity index is 0. The second kappa shape index (κ2) is 5.95. The molecule has 1 aromatic rings. The van der Waals surface area contributed by atoms with E-state index >= 15 is 0 Å². The molecule has 0 aliphatic rings. The molecule has 5 heteroatoms. The lowest BCUT2D eigenvalue weighted by atomic mass is 10.3. The number of aromatic carboxylic acids is 1. The Hall–Kier alpha value is -0.800. The average molecular weight is 196 g/mol. The second-order valence-electron chi connectivity index (χ2n) is 1.55. The first kappa shape index (κ1) is 12.8. The molecule has 0 aliphatic carbocycles. The van der Waals surface area contributed by atoms with Crippen molar-refractivity contribution in [1.82, 2.24) is 4.98 Å². The van der Waals surface area contributed by atoms with Crippen LogP contribution < -0.4 is 0 Å². The van der Waals surface area contributed by atoms with Crippen molar-refractivity contribution in [3.63, 3.8) is 0 Å². The molecule has 0 amide bonds. The van der Waals surface area contributed by atoms with Gasteiger partial charge in [-0.15, -0.1) is 24.8 Å². The van der Waals surface area contributed by atoms with E-state index in [0.29, 0.717) is 0 Å². The Morgan fingerprint density at radius 3 is 2.36 bits per heavy atom. The molecule has 3 nitrogen and oxygen atoms in total. The number of pyridine rings is 1. The molecular weight excluding hydrogens is 189 g/mol. The van der Waals surface area contributed by atoms with Crippen molar-refractivity contribution >= 4 is 30.8 Å². The standard InChI is InChI=1S/C6H5NO2.2ClH/c8-6(9)5-2-1-3-7-4-5;;/h1-4H,(H,8,9);2*1H. The zero-order chi connectivity index (χ0) is 6.69. The summed E-state index contributed by atoms with van der Waals surface area (Å²) < 4.78 is 0. The van der Waals surface area contributed by atoms with Gasteiger partial charge in [0.15, 0.2) is 0 Å². The van der Waals surface area contributed by atoms with Gasteiger partial charge in [-0.25, -0.2) is 4.79 Å². The molecule has 1 heterocycles. The van der Waals surface area contributed by atoms with Crippen molar-refractivity contribution in [2.75, 3.05) is 0 Å². The Morgan fingerprint density at radius 1 is 1.45 bits per heavy atom. The average Bonchev–Trinajstić information content (AvgIpc) is 1.90. The fraction of sp³-hybridized carbons (Fsp3) is 0. The van der Waals surface area contributed by atoms with Gasteiger partial charge in [-0.1, -0.05) is 0 Å². The van der Waals surface area contributed by atoms with Gasteiger partial charge in [-0.3, -0.25) is 4.98 Å². The van der Waals surface area contributed by atoms with Gasteiger partial charge < -0.3 is 5.11 Å². The first-order chi connectivity index (χ1) is 4.30. The van der Waals surface area contributed by atoms with E-state index in [1.807, 2.05) is 0 Å². The molecule has 0 fully saturated rings. The lowest BCUT2D eigenvalue weighted by molar-refractivity contribution is 0.0696. The zero-order valence-corrected chi connectivity index (χ0v) is 7.06. The van der Waals surface area contributed by atoms with Gasteiger partial charge in [0.1, 0.15) is 0 Å². The number of halogens is 2. The first-order valence-corrected chi connectivity index (χ1v) is 2.44. The molecule has 0 saturated carbocycles. The number of hydrogen-bond donors (Lipinski definition) is 1. The van der Waals surface area contributed by atoms with Crippen molar-refractivity contribution in [2.24, 2.45) is 0 Å². The first-order valence-electron chi connectivity index (χ1n) is 2.44. The molecule has 0 saturated heterocycles. The van der Waals surface area contributed by atoms with Gasteiger partial charge in [0.2, 0.25) is 0 Å². The van der Waals surface area contributed by atoms with Crippen LogP contribution in [0, 0.1) is 0 Å². The van der Waals surface area contributed by atoms with Gasteiger partial charge in [-0.05, 0) is 12.1 Å². The minimum absolute atomic E-state index is 0. The predicted molar refractivity (Wildman–Crippen MR) is 45.7 cm³/mol. The lowest BCUT2D eigenvalue weighted by Gasteiger charge is -1.87. The molecule has 1 aromatic heterocycles. The van der Waals surface area contributed by atoms with Crippen LogP contribution in [0.3, 0.4) is 0 Å². The lowest BCUT2D eigenvalue weighted by Crippen LogP contribution is -1.94. The summed E-state index contributed by atoms with van der Waals surface area (Å²) in [6.07, 6.45) is 2.84. The number of aromatic nitrogens is 1. The maximum atomic E-state index is 10.2. The summed E-state index contributed by atoms with van der Waals surface area (Å²) in [5.74, 6) is -0.942. The molecule has 0 spiro atoms. The van der Waals surface area contributed by atoms with Crippen LogP contribution >= 0.6 is 24.8 Å². The summed E-state index contributed by atoms with van der Waals surface area (Å²) in [4.78, 5) is 13.8. The van der Waals surface area contributed by atoms with E-state index in [9.17, 15) is 4.79 Å². The summed E-state index contributed by atoms with van der Waals surface area (Å²) in [5, 5.41) is 8.34. The van der Waals surface area contributed by atoms with Crippen LogP contribution in [0.4, 0.5) is 0 Å². The number of hydrogen-bond acceptors (Lipinski definition) is 2. The largest absolute Gasteiger partial charge is 0.478 e. The van der Waals surface area contributed by atoms with Crippen LogP contribution in [0.25, 0.3) is 0 Å². The van der Waals surface area contributed by atoms with Crippen molar-refractivity contribution in [3.05, 3.63) is 30.1 Å². The highest BCUT2D eigenvalue weighted by Gasteiger charge is 1.97. The van der Waals surface area contributed by atoms with E-state index in [4.69, 9.17) is 5.11 Å². The Labute approximate surface area is 76.3 Å². The summed E-state index contributed by atoms with van der Waals surface area (Å²) in [5.41, 5.74) is 0.220. The van der Waals surface area contributed by atoms with Crippen LogP contribution in [0.5, 0.6) is 0 Å². The Bertz CT molecular complexity index is 215. The molecule has 1 rings (SSSR count). The van der Waals surface area contributed by atoms with E-state index in [1.54, 1.807) is 6.07 Å². The van der Waals surface area contributed by atoms with Crippen LogP contribution in [-0.2, 0) is 0 Å².